The molecular weight excluding hydrogens is 297 g/mol. The first-order chi connectivity index (χ1) is 9.92. The molecule has 0 aliphatic rings. The Morgan fingerprint density at radius 1 is 1.29 bits per heavy atom. The van der Waals surface area contributed by atoms with Crippen LogP contribution in [0.3, 0.4) is 0 Å². The first kappa shape index (κ1) is 15.6. The van der Waals surface area contributed by atoms with E-state index in [1.807, 2.05) is 0 Å². The van der Waals surface area contributed by atoms with E-state index in [2.05, 4.69) is 15.2 Å². The molecule has 0 atom stereocenters. The van der Waals surface area contributed by atoms with E-state index in [0.29, 0.717) is 23.6 Å². The summed E-state index contributed by atoms with van der Waals surface area (Å²) in [6.07, 6.45) is 0. The second-order valence-corrected chi connectivity index (χ2v) is 6.29. The summed E-state index contributed by atoms with van der Waals surface area (Å²) >= 11 is 0. The smallest absolute Gasteiger partial charge is 0.243 e. The lowest BCUT2D eigenvalue weighted by atomic mass is 10.2. The highest BCUT2D eigenvalue weighted by Crippen LogP contribution is 2.17. The predicted molar refractivity (Wildman–Crippen MR) is 74.4 cm³/mol. The molecule has 114 valence electrons. The topological polar surface area (TPSA) is 84.2 Å². The molecule has 0 radical (unpaired) electrons. The van der Waals surface area contributed by atoms with Crippen molar-refractivity contribution < 1.29 is 17.3 Å². The molecule has 1 heterocycles. The number of benzene rings is 1. The van der Waals surface area contributed by atoms with Crippen molar-refractivity contribution >= 4 is 10.0 Å². The lowest BCUT2D eigenvalue weighted by molar-refractivity contribution is 0.377. The van der Waals surface area contributed by atoms with Gasteiger partial charge >= 0.3 is 0 Å². The van der Waals surface area contributed by atoms with Crippen molar-refractivity contribution in [2.24, 2.45) is 0 Å². The molecule has 0 saturated heterocycles. The van der Waals surface area contributed by atoms with Crippen molar-refractivity contribution in [1.82, 2.24) is 15.2 Å². The van der Waals surface area contributed by atoms with E-state index in [1.165, 1.54) is 12.1 Å². The summed E-state index contributed by atoms with van der Waals surface area (Å²) in [7, 11) is -2.24. The van der Waals surface area contributed by atoms with Gasteiger partial charge in [0, 0.05) is 12.6 Å². The van der Waals surface area contributed by atoms with Crippen LogP contribution in [0.1, 0.15) is 17.0 Å². The van der Waals surface area contributed by atoms with E-state index < -0.39 is 15.8 Å². The second-order valence-electron chi connectivity index (χ2n) is 4.55. The van der Waals surface area contributed by atoms with Crippen LogP contribution in [0.5, 0.6) is 0 Å². The molecule has 0 saturated carbocycles. The molecule has 0 spiro atoms. The van der Waals surface area contributed by atoms with Crippen LogP contribution >= 0.6 is 0 Å². The summed E-state index contributed by atoms with van der Waals surface area (Å²) in [5, 5.41) is 6.54. The van der Waals surface area contributed by atoms with Crippen LogP contribution in [0.4, 0.5) is 4.39 Å². The van der Waals surface area contributed by atoms with Crippen molar-refractivity contribution in [1.29, 1.82) is 0 Å². The molecule has 0 bridgehead atoms. The van der Waals surface area contributed by atoms with Crippen LogP contribution in [0.15, 0.2) is 33.7 Å². The van der Waals surface area contributed by atoms with Gasteiger partial charge in [0.15, 0.2) is 5.76 Å². The first-order valence-electron chi connectivity index (χ1n) is 6.27. The summed E-state index contributed by atoms with van der Waals surface area (Å²) in [5.74, 6) is -0.432. The molecule has 0 unspecified atom stereocenters. The summed E-state index contributed by atoms with van der Waals surface area (Å²) in [4.78, 5) is -0.383. The molecule has 0 amide bonds. The number of nitrogens with one attached hydrogen (secondary N) is 2. The molecule has 6 nitrogen and oxygen atoms in total. The number of nitrogens with zero attached hydrogens (tertiary/aromatic N) is 1. The standard InChI is InChI=1S/C13H16FN3O3S/c1-9-5-11(20-17-9)8-16-21(18,19)13-6-10(7-15-2)3-4-12(13)14/h3-6,15-16H,7-8H2,1-2H3. The van der Waals surface area contributed by atoms with E-state index in [9.17, 15) is 12.8 Å². The first-order valence-corrected chi connectivity index (χ1v) is 7.75. The third-order valence-electron chi connectivity index (χ3n) is 2.78. The van der Waals surface area contributed by atoms with Gasteiger partial charge < -0.3 is 9.84 Å². The quantitative estimate of drug-likeness (QED) is 0.840. The molecule has 0 aliphatic heterocycles. The number of halogens is 1. The van der Waals surface area contributed by atoms with Gasteiger partial charge in [-0.25, -0.2) is 17.5 Å². The van der Waals surface area contributed by atoms with Crippen molar-refractivity contribution in [3.8, 4) is 0 Å². The molecule has 21 heavy (non-hydrogen) atoms. The van der Waals surface area contributed by atoms with Gasteiger partial charge in [-0.3, -0.25) is 0 Å². The largest absolute Gasteiger partial charge is 0.360 e. The highest BCUT2D eigenvalue weighted by Gasteiger charge is 2.20. The highest BCUT2D eigenvalue weighted by molar-refractivity contribution is 7.89. The average Bonchev–Trinajstić information content (AvgIpc) is 2.85. The number of aryl methyl sites for hydroxylation is 1. The van der Waals surface area contributed by atoms with E-state index in [-0.39, 0.29) is 11.4 Å². The Balaban J connectivity index is 2.20. The Kier molecular flexibility index (Phi) is 4.71. The Morgan fingerprint density at radius 3 is 2.67 bits per heavy atom. The number of sulfonamides is 1. The fourth-order valence-corrected chi connectivity index (χ4v) is 2.93. The van der Waals surface area contributed by atoms with Crippen LogP contribution in [-0.4, -0.2) is 20.6 Å². The van der Waals surface area contributed by atoms with E-state index in [4.69, 9.17) is 4.52 Å². The second kappa shape index (κ2) is 6.33. The molecule has 2 aromatic rings. The maximum atomic E-state index is 13.8. The monoisotopic (exact) mass is 313 g/mol. The maximum absolute atomic E-state index is 13.8. The van der Waals surface area contributed by atoms with Gasteiger partial charge in [-0.05, 0) is 31.7 Å². The van der Waals surface area contributed by atoms with Gasteiger partial charge in [0.05, 0.1) is 12.2 Å². The van der Waals surface area contributed by atoms with E-state index in [0.717, 1.165) is 6.07 Å². The fourth-order valence-electron chi connectivity index (χ4n) is 1.81. The van der Waals surface area contributed by atoms with E-state index >= 15 is 0 Å². The number of aromatic nitrogens is 1. The molecule has 2 N–H and O–H groups in total. The van der Waals surface area contributed by atoms with Gasteiger partial charge in [-0.2, -0.15) is 0 Å². The Labute approximate surface area is 122 Å². The van der Waals surface area contributed by atoms with Gasteiger partial charge in [0.1, 0.15) is 10.7 Å². The van der Waals surface area contributed by atoms with Crippen LogP contribution in [0.2, 0.25) is 0 Å². The molecule has 0 fully saturated rings. The fraction of sp³-hybridized carbons (Fsp3) is 0.308. The van der Waals surface area contributed by atoms with Crippen LogP contribution in [0.25, 0.3) is 0 Å². The zero-order valence-electron chi connectivity index (χ0n) is 11.7. The van der Waals surface area contributed by atoms with Gasteiger partial charge in [-0.15, -0.1) is 0 Å². The zero-order chi connectivity index (χ0) is 15.5. The Morgan fingerprint density at radius 2 is 2.05 bits per heavy atom. The van der Waals surface area contributed by atoms with Crippen molar-refractivity contribution in [2.75, 3.05) is 7.05 Å². The number of hydrogen-bond acceptors (Lipinski definition) is 5. The zero-order valence-corrected chi connectivity index (χ0v) is 12.5. The Hall–Kier alpha value is -1.77. The van der Waals surface area contributed by atoms with Crippen molar-refractivity contribution in [3.05, 3.63) is 47.1 Å². The van der Waals surface area contributed by atoms with Gasteiger partial charge in [0.25, 0.3) is 0 Å². The molecule has 1 aromatic carbocycles. The molecule has 0 aliphatic carbocycles. The minimum absolute atomic E-state index is 0.0845. The lowest BCUT2D eigenvalue weighted by Gasteiger charge is -2.08. The maximum Gasteiger partial charge on any atom is 0.243 e. The molecule has 2 rings (SSSR count). The van der Waals surface area contributed by atoms with Crippen LogP contribution < -0.4 is 10.0 Å². The Bertz CT molecular complexity index is 728. The highest BCUT2D eigenvalue weighted by atomic mass is 32.2. The van der Waals surface area contributed by atoms with Gasteiger partial charge in [0.2, 0.25) is 10.0 Å². The SMILES string of the molecule is CNCc1ccc(F)c(S(=O)(=O)NCc2cc(C)no2)c1. The lowest BCUT2D eigenvalue weighted by Crippen LogP contribution is -2.24. The van der Waals surface area contributed by atoms with Gasteiger partial charge in [-0.1, -0.05) is 11.2 Å². The minimum Gasteiger partial charge on any atom is -0.360 e. The molecule has 1 aromatic heterocycles. The normalized spacial score (nSPS) is 11.8. The predicted octanol–water partition coefficient (Wildman–Crippen LogP) is 1.32. The van der Waals surface area contributed by atoms with E-state index in [1.54, 1.807) is 20.0 Å². The average molecular weight is 313 g/mol. The number of rotatable bonds is 6. The minimum atomic E-state index is -3.96. The van der Waals surface area contributed by atoms with Crippen molar-refractivity contribution in [2.45, 2.75) is 24.9 Å². The number of hydrogen-bond donors (Lipinski definition) is 2. The third-order valence-corrected chi connectivity index (χ3v) is 4.20. The summed E-state index contributed by atoms with van der Waals surface area (Å²) < 4.78 is 45.3. The summed E-state index contributed by atoms with van der Waals surface area (Å²) in [6.45, 7) is 2.09. The van der Waals surface area contributed by atoms with Crippen molar-refractivity contribution in [3.63, 3.8) is 0 Å². The summed E-state index contributed by atoms with van der Waals surface area (Å²) in [5.41, 5.74) is 1.32. The molecular formula is C13H16FN3O3S. The molecule has 8 heteroatoms. The van der Waals surface area contributed by atoms with Crippen LogP contribution in [-0.2, 0) is 23.1 Å². The third kappa shape index (κ3) is 3.87. The van der Waals surface area contributed by atoms with Crippen LogP contribution in [0, 0.1) is 12.7 Å². The summed E-state index contributed by atoms with van der Waals surface area (Å²) in [6, 6.07) is 5.58.